The molecule has 0 aliphatic rings. The van der Waals surface area contributed by atoms with Crippen molar-refractivity contribution in [2.75, 3.05) is 5.73 Å². The molecule has 0 saturated heterocycles. The minimum Gasteiger partial charge on any atom is -0.506 e. The van der Waals surface area contributed by atoms with E-state index in [-0.39, 0.29) is 16.3 Å². The summed E-state index contributed by atoms with van der Waals surface area (Å²) in [6.07, 6.45) is 3.21. The first-order valence-electron chi connectivity index (χ1n) is 5.91. The molecule has 20 heavy (non-hydrogen) atoms. The van der Waals surface area contributed by atoms with Crippen LogP contribution >= 0.6 is 0 Å². The van der Waals surface area contributed by atoms with E-state index in [9.17, 15) is 13.5 Å². The Morgan fingerprint density at radius 1 is 1.35 bits per heavy atom. The van der Waals surface area contributed by atoms with Crippen molar-refractivity contribution in [2.24, 2.45) is 0 Å². The van der Waals surface area contributed by atoms with Crippen LogP contribution in [0.15, 0.2) is 47.6 Å². The normalized spacial score (nSPS) is 13.1. The van der Waals surface area contributed by atoms with E-state index >= 15 is 0 Å². The topological polar surface area (TPSA) is 105 Å². The third-order valence-electron chi connectivity index (χ3n) is 2.83. The minimum absolute atomic E-state index is 0.00328. The van der Waals surface area contributed by atoms with Crippen LogP contribution in [-0.2, 0) is 10.0 Å². The largest absolute Gasteiger partial charge is 0.506 e. The highest BCUT2D eigenvalue weighted by Crippen LogP contribution is 2.24. The highest BCUT2D eigenvalue weighted by atomic mass is 32.2. The van der Waals surface area contributed by atoms with Gasteiger partial charge >= 0.3 is 0 Å². The molecule has 106 valence electrons. The summed E-state index contributed by atoms with van der Waals surface area (Å²) >= 11 is 0. The number of sulfonamides is 1. The van der Waals surface area contributed by atoms with Gasteiger partial charge in [0.25, 0.3) is 0 Å². The zero-order chi connectivity index (χ0) is 14.8. The molecule has 1 unspecified atom stereocenters. The number of aromatic nitrogens is 1. The lowest BCUT2D eigenvalue weighted by molar-refractivity contribution is 0.477. The summed E-state index contributed by atoms with van der Waals surface area (Å²) in [6.45, 7) is 1.72. The molecule has 1 heterocycles. The molecule has 7 heteroatoms. The van der Waals surface area contributed by atoms with Gasteiger partial charge in [0.1, 0.15) is 5.75 Å². The Morgan fingerprint density at radius 2 is 2.10 bits per heavy atom. The van der Waals surface area contributed by atoms with Gasteiger partial charge in [0, 0.05) is 18.4 Å². The maximum atomic E-state index is 12.2. The first-order chi connectivity index (χ1) is 9.40. The molecule has 0 saturated carbocycles. The molecule has 0 aliphatic heterocycles. The van der Waals surface area contributed by atoms with E-state index < -0.39 is 16.1 Å². The molecular formula is C13H15N3O3S. The highest BCUT2D eigenvalue weighted by molar-refractivity contribution is 7.89. The van der Waals surface area contributed by atoms with Gasteiger partial charge < -0.3 is 10.8 Å². The fraction of sp³-hybridized carbons (Fsp3) is 0.154. The van der Waals surface area contributed by atoms with E-state index in [2.05, 4.69) is 9.71 Å². The highest BCUT2D eigenvalue weighted by Gasteiger charge is 2.19. The number of nitrogens with one attached hydrogen (secondary N) is 1. The lowest BCUT2D eigenvalue weighted by Crippen LogP contribution is -2.27. The second kappa shape index (κ2) is 5.48. The quantitative estimate of drug-likeness (QED) is 0.584. The van der Waals surface area contributed by atoms with Gasteiger partial charge in [-0.25, -0.2) is 13.1 Å². The van der Waals surface area contributed by atoms with Crippen LogP contribution in [0.25, 0.3) is 0 Å². The van der Waals surface area contributed by atoms with Gasteiger partial charge in [0.15, 0.2) is 0 Å². The molecular weight excluding hydrogens is 278 g/mol. The number of benzene rings is 1. The van der Waals surface area contributed by atoms with Crippen molar-refractivity contribution in [1.29, 1.82) is 0 Å². The summed E-state index contributed by atoms with van der Waals surface area (Å²) in [5.41, 5.74) is 6.28. The van der Waals surface area contributed by atoms with Crippen LogP contribution in [0.4, 0.5) is 5.69 Å². The first-order valence-corrected chi connectivity index (χ1v) is 7.39. The Bertz CT molecular complexity index is 702. The monoisotopic (exact) mass is 293 g/mol. The van der Waals surface area contributed by atoms with E-state index in [0.29, 0.717) is 0 Å². The van der Waals surface area contributed by atoms with Gasteiger partial charge in [-0.3, -0.25) is 4.98 Å². The molecule has 1 aromatic heterocycles. The predicted molar refractivity (Wildman–Crippen MR) is 75.5 cm³/mol. The van der Waals surface area contributed by atoms with Crippen molar-refractivity contribution in [1.82, 2.24) is 9.71 Å². The molecule has 4 N–H and O–H groups in total. The maximum absolute atomic E-state index is 12.2. The van der Waals surface area contributed by atoms with Crippen LogP contribution in [0.3, 0.4) is 0 Å². The Morgan fingerprint density at radius 3 is 2.70 bits per heavy atom. The van der Waals surface area contributed by atoms with Crippen molar-refractivity contribution < 1.29 is 13.5 Å². The molecule has 0 aliphatic carbocycles. The van der Waals surface area contributed by atoms with Crippen LogP contribution in [-0.4, -0.2) is 18.5 Å². The number of nitrogens with two attached hydrogens (primary N) is 1. The van der Waals surface area contributed by atoms with Crippen LogP contribution in [0.1, 0.15) is 18.5 Å². The number of aromatic hydroxyl groups is 1. The number of phenolic OH excluding ortho intramolecular Hbond substituents is 1. The molecule has 0 radical (unpaired) electrons. The molecule has 1 atom stereocenters. The first kappa shape index (κ1) is 14.3. The number of anilines is 1. The number of hydrogen-bond donors (Lipinski definition) is 3. The van der Waals surface area contributed by atoms with Crippen molar-refractivity contribution in [2.45, 2.75) is 17.9 Å². The van der Waals surface area contributed by atoms with E-state index in [4.69, 9.17) is 5.73 Å². The lowest BCUT2D eigenvalue weighted by atomic mass is 10.2. The SMILES string of the molecule is CC(NS(=O)(=O)c1ccc(O)c(N)c1)c1cccnc1. The molecule has 2 aromatic rings. The van der Waals surface area contributed by atoms with Crippen LogP contribution in [0, 0.1) is 0 Å². The number of phenols is 1. The number of nitrogen functional groups attached to an aromatic ring is 1. The standard InChI is InChI=1S/C13H15N3O3S/c1-9(10-3-2-6-15-8-10)16-20(18,19)11-4-5-13(17)12(14)7-11/h2-9,16-17H,14H2,1H3. The smallest absolute Gasteiger partial charge is 0.241 e. The Kier molecular flexibility index (Phi) is 3.91. The molecule has 1 aromatic carbocycles. The molecule has 0 spiro atoms. The Labute approximate surface area is 117 Å². The molecule has 2 rings (SSSR count). The average molecular weight is 293 g/mol. The Hall–Kier alpha value is -2.12. The van der Waals surface area contributed by atoms with Crippen molar-refractivity contribution in [3.8, 4) is 5.75 Å². The van der Waals surface area contributed by atoms with Gasteiger partial charge in [-0.05, 0) is 36.8 Å². The van der Waals surface area contributed by atoms with Crippen molar-refractivity contribution >= 4 is 15.7 Å². The predicted octanol–water partition coefficient (Wildman–Crippen LogP) is 1.41. The number of hydrogen-bond acceptors (Lipinski definition) is 5. The lowest BCUT2D eigenvalue weighted by Gasteiger charge is -2.14. The average Bonchev–Trinajstić information content (AvgIpc) is 2.42. The zero-order valence-electron chi connectivity index (χ0n) is 10.8. The van der Waals surface area contributed by atoms with Crippen LogP contribution in [0.2, 0.25) is 0 Å². The van der Waals surface area contributed by atoms with Gasteiger partial charge in [-0.2, -0.15) is 0 Å². The number of nitrogens with zero attached hydrogens (tertiary/aromatic N) is 1. The van der Waals surface area contributed by atoms with Crippen molar-refractivity contribution in [3.63, 3.8) is 0 Å². The molecule has 0 fully saturated rings. The van der Waals surface area contributed by atoms with Crippen molar-refractivity contribution in [3.05, 3.63) is 48.3 Å². The van der Waals surface area contributed by atoms with Crippen LogP contribution < -0.4 is 10.5 Å². The third kappa shape index (κ3) is 3.06. The van der Waals surface area contributed by atoms with Gasteiger partial charge in [0.2, 0.25) is 10.0 Å². The zero-order valence-corrected chi connectivity index (χ0v) is 11.6. The summed E-state index contributed by atoms with van der Waals surface area (Å²) < 4.78 is 27.0. The fourth-order valence-electron chi connectivity index (χ4n) is 1.70. The summed E-state index contributed by atoms with van der Waals surface area (Å²) in [6, 6.07) is 6.85. The molecule has 0 bridgehead atoms. The number of pyridine rings is 1. The fourth-order valence-corrected chi connectivity index (χ4v) is 2.97. The summed E-state index contributed by atoms with van der Waals surface area (Å²) in [7, 11) is -3.72. The van der Waals surface area contributed by atoms with E-state index in [1.165, 1.54) is 18.2 Å². The summed E-state index contributed by atoms with van der Waals surface area (Å²) in [4.78, 5) is 3.95. The maximum Gasteiger partial charge on any atom is 0.241 e. The second-order valence-electron chi connectivity index (χ2n) is 4.35. The number of rotatable bonds is 4. The second-order valence-corrected chi connectivity index (χ2v) is 6.06. The Balaban J connectivity index is 2.25. The van der Waals surface area contributed by atoms with Gasteiger partial charge in [-0.1, -0.05) is 6.07 Å². The van der Waals surface area contributed by atoms with Crippen LogP contribution in [0.5, 0.6) is 5.75 Å². The summed E-state index contributed by atoms with van der Waals surface area (Å²) in [5, 5.41) is 9.32. The molecule has 6 nitrogen and oxygen atoms in total. The van der Waals surface area contributed by atoms with E-state index in [0.717, 1.165) is 5.56 Å². The van der Waals surface area contributed by atoms with Gasteiger partial charge in [-0.15, -0.1) is 0 Å². The van der Waals surface area contributed by atoms with Gasteiger partial charge in [0.05, 0.1) is 10.6 Å². The third-order valence-corrected chi connectivity index (χ3v) is 4.36. The molecule has 0 amide bonds. The van der Waals surface area contributed by atoms with E-state index in [1.807, 2.05) is 0 Å². The minimum atomic E-state index is -3.72. The van der Waals surface area contributed by atoms with E-state index in [1.54, 1.807) is 31.5 Å². The summed E-state index contributed by atoms with van der Waals surface area (Å²) in [5.74, 6) is -0.149.